The second-order valence-corrected chi connectivity index (χ2v) is 8.15. The van der Waals surface area contributed by atoms with Gasteiger partial charge in [-0.1, -0.05) is 0 Å². The van der Waals surface area contributed by atoms with Crippen molar-refractivity contribution in [2.75, 3.05) is 13.7 Å². The van der Waals surface area contributed by atoms with Gasteiger partial charge in [0.05, 0.1) is 43.7 Å². The molecule has 1 aliphatic rings. The summed E-state index contributed by atoms with van der Waals surface area (Å²) in [5.74, 6) is 1.66. The van der Waals surface area contributed by atoms with Crippen molar-refractivity contribution in [2.24, 2.45) is 0 Å². The molecule has 0 bridgehead atoms. The van der Waals surface area contributed by atoms with Gasteiger partial charge in [0.1, 0.15) is 6.54 Å². The van der Waals surface area contributed by atoms with E-state index in [9.17, 15) is 0 Å². The Morgan fingerprint density at radius 2 is 1.78 bits per heavy atom. The largest absolute Gasteiger partial charge is 0.493 e. The van der Waals surface area contributed by atoms with Gasteiger partial charge in [0.2, 0.25) is 0 Å². The Bertz CT molecular complexity index is 510. The average Bonchev–Trinajstić information content (AvgIpc) is 2.42. The highest BCUT2D eigenvalue weighted by atomic mass is 16.5. The highest BCUT2D eigenvalue weighted by molar-refractivity contribution is 5.42. The van der Waals surface area contributed by atoms with Crippen molar-refractivity contribution in [3.05, 3.63) is 23.8 Å². The summed E-state index contributed by atoms with van der Waals surface area (Å²) in [5.41, 5.74) is 1.93. The summed E-state index contributed by atoms with van der Waals surface area (Å²) in [7, 11) is 1.69. The van der Waals surface area contributed by atoms with E-state index in [4.69, 9.17) is 9.47 Å². The molecule has 130 valence electrons. The van der Waals surface area contributed by atoms with Gasteiger partial charge in [0.25, 0.3) is 0 Å². The summed E-state index contributed by atoms with van der Waals surface area (Å²) in [6.45, 7) is 13.1. The first-order valence-corrected chi connectivity index (χ1v) is 8.75. The quantitative estimate of drug-likeness (QED) is 0.833. The first-order valence-electron chi connectivity index (χ1n) is 8.75. The average molecular weight is 322 g/mol. The minimum atomic E-state index is 0.319. The van der Waals surface area contributed by atoms with Gasteiger partial charge in [-0.3, -0.25) is 0 Å². The minimum absolute atomic E-state index is 0.319. The van der Waals surface area contributed by atoms with Crippen LogP contribution in [0.2, 0.25) is 0 Å². The van der Waals surface area contributed by atoms with Crippen LogP contribution in [0.4, 0.5) is 0 Å². The number of hydrogen-bond donors (Lipinski definition) is 2. The Morgan fingerprint density at radius 1 is 1.13 bits per heavy atom. The summed E-state index contributed by atoms with van der Waals surface area (Å²) >= 11 is 0. The van der Waals surface area contributed by atoms with E-state index in [1.165, 1.54) is 18.4 Å². The monoisotopic (exact) mass is 322 g/mol. The third kappa shape index (κ3) is 5.11. The molecule has 0 aromatic heterocycles. The number of hydrogen-bond acceptors (Lipinski definition) is 2. The molecule has 0 unspecified atom stereocenters. The fraction of sp³-hybridized carbons (Fsp3) is 0.684. The molecule has 1 aliphatic heterocycles. The van der Waals surface area contributed by atoms with Crippen LogP contribution in [0.25, 0.3) is 0 Å². The van der Waals surface area contributed by atoms with E-state index >= 15 is 0 Å². The van der Waals surface area contributed by atoms with Crippen LogP contribution < -0.4 is 20.1 Å². The molecule has 0 amide bonds. The predicted molar refractivity (Wildman–Crippen MR) is 92.9 cm³/mol. The Kier molecular flexibility index (Phi) is 5.58. The number of methoxy groups -OCH3 is 1. The van der Waals surface area contributed by atoms with Gasteiger partial charge < -0.3 is 20.1 Å². The number of nitrogens with two attached hydrogens (primary N) is 2. The number of benzene rings is 1. The Labute approximate surface area is 140 Å². The summed E-state index contributed by atoms with van der Waals surface area (Å²) in [5, 5.41) is 5.03. The zero-order valence-corrected chi connectivity index (χ0v) is 15.6. The second-order valence-electron chi connectivity index (χ2n) is 8.15. The number of rotatable bonds is 6. The maximum absolute atomic E-state index is 5.68. The van der Waals surface area contributed by atoms with Crippen LogP contribution in [0.5, 0.6) is 11.5 Å². The molecule has 1 fully saturated rings. The topological polar surface area (TPSA) is 51.7 Å². The van der Waals surface area contributed by atoms with Crippen LogP contribution in [-0.2, 0) is 6.54 Å². The Balaban J connectivity index is 2.01. The maximum Gasteiger partial charge on any atom is 0.161 e. The molecule has 0 atom stereocenters. The Morgan fingerprint density at radius 3 is 2.35 bits per heavy atom. The lowest BCUT2D eigenvalue weighted by Crippen LogP contribution is -3.09. The van der Waals surface area contributed by atoms with E-state index < -0.39 is 0 Å². The lowest BCUT2D eigenvalue weighted by molar-refractivity contribution is -0.816. The zero-order chi connectivity index (χ0) is 17.1. The van der Waals surface area contributed by atoms with Crippen LogP contribution in [0.15, 0.2) is 18.2 Å². The van der Waals surface area contributed by atoms with Crippen LogP contribution in [0.3, 0.4) is 0 Å². The fourth-order valence-electron chi connectivity index (χ4n) is 4.19. The van der Waals surface area contributed by atoms with Crippen molar-refractivity contribution in [1.82, 2.24) is 0 Å². The van der Waals surface area contributed by atoms with Crippen LogP contribution in [0.1, 0.15) is 53.0 Å². The first-order chi connectivity index (χ1) is 10.7. The van der Waals surface area contributed by atoms with Crippen LogP contribution in [0, 0.1) is 0 Å². The standard InChI is InChI=1S/C19H32N2O2/c1-7-23-17-10-14(8-9-16(17)22-6)13-20-15-11-18(2,3)21-19(4,5)12-15/h8-10,15,20-21H,7,11-13H2,1-6H3/p+2. The number of quaternary nitrogens is 2. The summed E-state index contributed by atoms with van der Waals surface area (Å²) in [6, 6.07) is 6.94. The van der Waals surface area contributed by atoms with Crippen molar-refractivity contribution >= 4 is 0 Å². The van der Waals surface area contributed by atoms with E-state index in [0.717, 1.165) is 18.0 Å². The molecule has 4 nitrogen and oxygen atoms in total. The molecule has 1 aromatic carbocycles. The van der Waals surface area contributed by atoms with Gasteiger partial charge in [-0.2, -0.15) is 0 Å². The number of piperidine rings is 1. The molecule has 23 heavy (non-hydrogen) atoms. The molecule has 2 rings (SSSR count). The third-order valence-corrected chi connectivity index (χ3v) is 4.57. The highest BCUT2D eigenvalue weighted by Crippen LogP contribution is 2.28. The van der Waals surface area contributed by atoms with Crippen LogP contribution in [-0.4, -0.2) is 30.8 Å². The smallest absolute Gasteiger partial charge is 0.161 e. The summed E-state index contributed by atoms with van der Waals surface area (Å²) in [6.07, 6.45) is 2.48. The van der Waals surface area contributed by atoms with E-state index in [1.807, 2.05) is 13.0 Å². The van der Waals surface area contributed by atoms with Crippen molar-refractivity contribution < 1.29 is 20.1 Å². The minimum Gasteiger partial charge on any atom is -0.493 e. The van der Waals surface area contributed by atoms with Gasteiger partial charge in [-0.25, -0.2) is 0 Å². The van der Waals surface area contributed by atoms with E-state index in [2.05, 4.69) is 50.5 Å². The van der Waals surface area contributed by atoms with E-state index in [1.54, 1.807) is 7.11 Å². The van der Waals surface area contributed by atoms with Gasteiger partial charge in [-0.05, 0) is 52.8 Å². The molecular formula is C19H34N2O2+2. The lowest BCUT2D eigenvalue weighted by Gasteiger charge is -2.41. The Hall–Kier alpha value is -1.26. The molecule has 4 N–H and O–H groups in total. The van der Waals surface area contributed by atoms with Gasteiger partial charge >= 0.3 is 0 Å². The maximum atomic E-state index is 5.68. The van der Waals surface area contributed by atoms with Crippen molar-refractivity contribution in [3.63, 3.8) is 0 Å². The fourth-order valence-corrected chi connectivity index (χ4v) is 4.19. The molecule has 1 aromatic rings. The number of ether oxygens (including phenoxy) is 2. The second kappa shape index (κ2) is 7.10. The van der Waals surface area contributed by atoms with E-state index in [0.29, 0.717) is 23.7 Å². The van der Waals surface area contributed by atoms with Crippen molar-refractivity contribution in [1.29, 1.82) is 0 Å². The van der Waals surface area contributed by atoms with Gasteiger partial charge in [-0.15, -0.1) is 0 Å². The van der Waals surface area contributed by atoms with Gasteiger partial charge in [0.15, 0.2) is 11.5 Å². The van der Waals surface area contributed by atoms with Crippen molar-refractivity contribution in [2.45, 2.75) is 71.1 Å². The molecule has 0 aliphatic carbocycles. The van der Waals surface area contributed by atoms with E-state index in [-0.39, 0.29) is 0 Å². The summed E-state index contributed by atoms with van der Waals surface area (Å²) in [4.78, 5) is 0. The molecule has 0 spiro atoms. The highest BCUT2D eigenvalue weighted by Gasteiger charge is 2.43. The molecule has 0 saturated carbocycles. The normalized spacial score (nSPS) is 20.3. The van der Waals surface area contributed by atoms with Gasteiger partial charge in [0, 0.05) is 5.56 Å². The predicted octanol–water partition coefficient (Wildman–Crippen LogP) is 1.44. The molecular weight excluding hydrogens is 288 g/mol. The SMILES string of the molecule is CCOc1cc(C[NH2+]C2CC(C)(C)[NH2+]C(C)(C)C2)ccc1OC. The summed E-state index contributed by atoms with van der Waals surface area (Å²) < 4.78 is 11.0. The molecule has 1 heterocycles. The van der Waals surface area contributed by atoms with Crippen molar-refractivity contribution in [3.8, 4) is 11.5 Å². The molecule has 4 heteroatoms. The zero-order valence-electron chi connectivity index (χ0n) is 15.6. The lowest BCUT2D eigenvalue weighted by atomic mass is 9.79. The van der Waals surface area contributed by atoms with Crippen LogP contribution >= 0.6 is 0 Å². The first kappa shape index (κ1) is 18.1. The molecule has 0 radical (unpaired) electrons. The third-order valence-electron chi connectivity index (χ3n) is 4.57. The molecule has 1 saturated heterocycles.